The van der Waals surface area contributed by atoms with Gasteiger partial charge in [-0.25, -0.2) is 0 Å². The van der Waals surface area contributed by atoms with Crippen molar-refractivity contribution in [2.24, 2.45) is 0 Å². The van der Waals surface area contributed by atoms with Crippen LogP contribution >= 0.6 is 0 Å². The van der Waals surface area contributed by atoms with E-state index in [0.29, 0.717) is 6.54 Å². The van der Waals surface area contributed by atoms with Crippen LogP contribution in [0.25, 0.3) is 21.5 Å². The molecular formula is C25H22N2O. The van der Waals surface area contributed by atoms with Crippen LogP contribution < -0.4 is 5.32 Å². The van der Waals surface area contributed by atoms with Crippen LogP contribution in [0.5, 0.6) is 0 Å². The summed E-state index contributed by atoms with van der Waals surface area (Å²) in [4.78, 5) is 14.1. The van der Waals surface area contributed by atoms with Gasteiger partial charge in [-0.05, 0) is 32.7 Å². The van der Waals surface area contributed by atoms with E-state index in [4.69, 9.17) is 0 Å². The average molecular weight is 366 g/mol. The lowest BCUT2D eigenvalue weighted by Crippen LogP contribution is -2.40. The molecule has 4 aromatic carbocycles. The van der Waals surface area contributed by atoms with Crippen LogP contribution in [0.2, 0.25) is 0 Å². The standard InChI is InChI=1S/C25H22N2O/c1-27-23(28)16-26-25(27)24(21-12-10-17-6-2-4-8-19(17)14-21)22-13-11-18-7-3-5-9-20(18)15-22/h2-15,24-26H,16H2,1H3/t25-/m0/s1. The zero-order valence-electron chi connectivity index (χ0n) is 15.8. The van der Waals surface area contributed by atoms with Crippen molar-refractivity contribution >= 4 is 27.5 Å². The Hall–Kier alpha value is -3.17. The van der Waals surface area contributed by atoms with Gasteiger partial charge in [0.1, 0.15) is 0 Å². The summed E-state index contributed by atoms with van der Waals surface area (Å²) in [7, 11) is 1.89. The number of nitrogens with one attached hydrogen (secondary N) is 1. The molecule has 0 bridgehead atoms. The molecule has 1 heterocycles. The van der Waals surface area contributed by atoms with Crippen molar-refractivity contribution in [3.8, 4) is 0 Å². The fourth-order valence-electron chi connectivity index (χ4n) is 4.31. The van der Waals surface area contributed by atoms with E-state index >= 15 is 0 Å². The number of benzene rings is 4. The van der Waals surface area contributed by atoms with Crippen molar-refractivity contribution in [1.82, 2.24) is 10.2 Å². The second kappa shape index (κ2) is 6.77. The Balaban J connectivity index is 1.68. The van der Waals surface area contributed by atoms with E-state index in [1.807, 2.05) is 11.9 Å². The first-order valence-corrected chi connectivity index (χ1v) is 9.67. The minimum atomic E-state index is -0.0603. The zero-order valence-corrected chi connectivity index (χ0v) is 15.8. The summed E-state index contributed by atoms with van der Waals surface area (Å²) >= 11 is 0. The van der Waals surface area contributed by atoms with Crippen molar-refractivity contribution in [3.63, 3.8) is 0 Å². The molecule has 3 heteroatoms. The number of amides is 1. The number of carbonyl (C=O) groups excluding carboxylic acids is 1. The number of rotatable bonds is 3. The Kier molecular flexibility index (Phi) is 4.10. The lowest BCUT2D eigenvalue weighted by atomic mass is 9.86. The monoisotopic (exact) mass is 366 g/mol. The summed E-state index contributed by atoms with van der Waals surface area (Å²) in [6, 6.07) is 30.1. The highest BCUT2D eigenvalue weighted by atomic mass is 16.2. The number of fused-ring (bicyclic) bond motifs is 2. The van der Waals surface area contributed by atoms with Gasteiger partial charge in [0.15, 0.2) is 0 Å². The molecule has 0 aromatic heterocycles. The molecule has 1 aliphatic rings. The molecule has 0 aliphatic carbocycles. The van der Waals surface area contributed by atoms with E-state index in [1.165, 1.54) is 32.7 Å². The SMILES string of the molecule is CN1C(=O)CN[C@@H]1C(c1ccc2ccccc2c1)c1ccc2ccccc2c1. The first-order chi connectivity index (χ1) is 13.7. The summed E-state index contributed by atoms with van der Waals surface area (Å²) in [6.07, 6.45) is -0.0603. The van der Waals surface area contributed by atoms with Gasteiger partial charge in [0.25, 0.3) is 0 Å². The molecule has 1 saturated heterocycles. The quantitative estimate of drug-likeness (QED) is 0.578. The van der Waals surface area contributed by atoms with Gasteiger partial charge in [0.2, 0.25) is 5.91 Å². The molecule has 28 heavy (non-hydrogen) atoms. The highest BCUT2D eigenvalue weighted by molar-refractivity contribution is 5.85. The van der Waals surface area contributed by atoms with E-state index in [9.17, 15) is 4.79 Å². The highest BCUT2D eigenvalue weighted by Gasteiger charge is 2.35. The van der Waals surface area contributed by atoms with Crippen LogP contribution in [-0.2, 0) is 4.79 Å². The normalized spacial score (nSPS) is 17.1. The Morgan fingerprint density at radius 1 is 0.786 bits per heavy atom. The van der Waals surface area contributed by atoms with E-state index < -0.39 is 0 Å². The molecule has 1 atom stereocenters. The minimum absolute atomic E-state index is 0.0603. The topological polar surface area (TPSA) is 32.3 Å². The predicted molar refractivity (Wildman–Crippen MR) is 114 cm³/mol. The third-order valence-corrected chi connectivity index (χ3v) is 5.85. The maximum absolute atomic E-state index is 12.2. The molecule has 5 rings (SSSR count). The average Bonchev–Trinajstić information content (AvgIpc) is 3.06. The van der Waals surface area contributed by atoms with Gasteiger partial charge in [0.05, 0.1) is 12.7 Å². The van der Waals surface area contributed by atoms with E-state index in [2.05, 4.69) is 90.2 Å². The van der Waals surface area contributed by atoms with Crippen molar-refractivity contribution in [2.75, 3.05) is 13.6 Å². The second-order valence-electron chi connectivity index (χ2n) is 7.52. The number of carbonyl (C=O) groups is 1. The third-order valence-electron chi connectivity index (χ3n) is 5.85. The third kappa shape index (κ3) is 2.85. The fraction of sp³-hybridized carbons (Fsp3) is 0.160. The Morgan fingerprint density at radius 2 is 1.29 bits per heavy atom. The van der Waals surface area contributed by atoms with Gasteiger partial charge in [-0.1, -0.05) is 84.9 Å². The van der Waals surface area contributed by atoms with Gasteiger partial charge in [-0.15, -0.1) is 0 Å². The van der Waals surface area contributed by atoms with Crippen LogP contribution in [-0.4, -0.2) is 30.6 Å². The maximum atomic E-state index is 12.2. The van der Waals surface area contributed by atoms with E-state index in [-0.39, 0.29) is 18.0 Å². The van der Waals surface area contributed by atoms with Crippen LogP contribution in [0.15, 0.2) is 84.9 Å². The van der Waals surface area contributed by atoms with Crippen LogP contribution in [0.3, 0.4) is 0 Å². The predicted octanol–water partition coefficient (Wildman–Crippen LogP) is 4.51. The minimum Gasteiger partial charge on any atom is -0.328 e. The lowest BCUT2D eigenvalue weighted by molar-refractivity contribution is -0.126. The first-order valence-electron chi connectivity index (χ1n) is 9.67. The molecule has 0 radical (unpaired) electrons. The largest absolute Gasteiger partial charge is 0.328 e. The molecule has 138 valence electrons. The van der Waals surface area contributed by atoms with E-state index in [0.717, 1.165) is 0 Å². The second-order valence-corrected chi connectivity index (χ2v) is 7.52. The highest BCUT2D eigenvalue weighted by Crippen LogP contribution is 2.34. The molecule has 4 aromatic rings. The van der Waals surface area contributed by atoms with Gasteiger partial charge in [0, 0.05) is 13.0 Å². The molecule has 1 amide bonds. The smallest absolute Gasteiger partial charge is 0.237 e. The number of hydrogen-bond acceptors (Lipinski definition) is 2. The van der Waals surface area contributed by atoms with Crippen LogP contribution in [0.4, 0.5) is 0 Å². The molecule has 1 aliphatic heterocycles. The Morgan fingerprint density at radius 3 is 1.75 bits per heavy atom. The van der Waals surface area contributed by atoms with E-state index in [1.54, 1.807) is 0 Å². The van der Waals surface area contributed by atoms with Crippen molar-refractivity contribution < 1.29 is 4.79 Å². The summed E-state index contributed by atoms with van der Waals surface area (Å²) in [5.74, 6) is 0.197. The Labute approximate surface area is 164 Å². The van der Waals surface area contributed by atoms with Gasteiger partial charge >= 0.3 is 0 Å². The molecule has 0 saturated carbocycles. The molecule has 0 unspecified atom stereocenters. The first kappa shape index (κ1) is 17.0. The van der Waals surface area contributed by atoms with Crippen LogP contribution in [0.1, 0.15) is 17.0 Å². The van der Waals surface area contributed by atoms with Gasteiger partial charge in [-0.2, -0.15) is 0 Å². The van der Waals surface area contributed by atoms with Crippen molar-refractivity contribution in [2.45, 2.75) is 12.1 Å². The number of hydrogen-bond donors (Lipinski definition) is 1. The summed E-state index contributed by atoms with van der Waals surface area (Å²) in [6.45, 7) is 0.388. The fourth-order valence-corrected chi connectivity index (χ4v) is 4.31. The lowest BCUT2D eigenvalue weighted by Gasteiger charge is -2.30. The maximum Gasteiger partial charge on any atom is 0.237 e. The van der Waals surface area contributed by atoms with Crippen molar-refractivity contribution in [1.29, 1.82) is 0 Å². The molecule has 1 fully saturated rings. The molecule has 3 nitrogen and oxygen atoms in total. The molecular weight excluding hydrogens is 344 g/mol. The molecule has 1 N–H and O–H groups in total. The van der Waals surface area contributed by atoms with Crippen molar-refractivity contribution in [3.05, 3.63) is 96.1 Å². The van der Waals surface area contributed by atoms with Gasteiger partial charge < -0.3 is 4.90 Å². The number of likely N-dealkylation sites (N-methyl/N-ethyl adjacent to an activating group) is 1. The number of nitrogens with zero attached hydrogens (tertiary/aromatic N) is 1. The van der Waals surface area contributed by atoms with Gasteiger partial charge in [-0.3, -0.25) is 10.1 Å². The Bertz CT molecular complexity index is 1100. The zero-order chi connectivity index (χ0) is 19.1. The molecule has 0 spiro atoms. The summed E-state index contributed by atoms with van der Waals surface area (Å²) in [5, 5.41) is 8.32. The summed E-state index contributed by atoms with van der Waals surface area (Å²) < 4.78 is 0. The van der Waals surface area contributed by atoms with Crippen LogP contribution in [0, 0.1) is 0 Å². The summed E-state index contributed by atoms with van der Waals surface area (Å²) in [5.41, 5.74) is 2.43.